The first-order valence-electron chi connectivity index (χ1n) is 8.36. The molecule has 0 radical (unpaired) electrons. The fraction of sp³-hybridized carbons (Fsp3) is 0.789. The summed E-state index contributed by atoms with van der Waals surface area (Å²) in [5.41, 5.74) is 5.85. The third-order valence-corrected chi connectivity index (χ3v) is 6.77. The molecule has 4 atom stereocenters. The second-order valence-electron chi connectivity index (χ2n) is 7.82. The molecule has 2 bridgehead atoms. The molecular formula is C19H30. The zero-order chi connectivity index (χ0) is 13.6. The Balaban J connectivity index is 1.95. The summed E-state index contributed by atoms with van der Waals surface area (Å²) in [5.74, 6) is 2.67. The summed E-state index contributed by atoms with van der Waals surface area (Å²) in [5, 5.41) is 0. The van der Waals surface area contributed by atoms with Crippen LogP contribution in [0, 0.1) is 23.2 Å². The second kappa shape index (κ2) is 4.79. The van der Waals surface area contributed by atoms with Crippen LogP contribution in [0.5, 0.6) is 0 Å². The summed E-state index contributed by atoms with van der Waals surface area (Å²) in [6, 6.07) is 0. The van der Waals surface area contributed by atoms with Crippen LogP contribution in [0.15, 0.2) is 22.8 Å². The lowest BCUT2D eigenvalue weighted by molar-refractivity contribution is 0.111. The van der Waals surface area contributed by atoms with Crippen LogP contribution in [-0.2, 0) is 0 Å². The van der Waals surface area contributed by atoms with E-state index in [9.17, 15) is 0 Å². The molecule has 19 heavy (non-hydrogen) atoms. The van der Waals surface area contributed by atoms with Crippen molar-refractivity contribution in [3.8, 4) is 0 Å². The van der Waals surface area contributed by atoms with Crippen LogP contribution in [0.1, 0.15) is 72.6 Å². The lowest BCUT2D eigenvalue weighted by Crippen LogP contribution is -2.37. The van der Waals surface area contributed by atoms with E-state index in [1.807, 2.05) is 5.57 Å². The van der Waals surface area contributed by atoms with Crippen LogP contribution in [-0.4, -0.2) is 0 Å². The van der Waals surface area contributed by atoms with Gasteiger partial charge in [0.2, 0.25) is 0 Å². The van der Waals surface area contributed by atoms with Gasteiger partial charge in [-0.3, -0.25) is 0 Å². The largest absolute Gasteiger partial charge is 0.0853 e. The van der Waals surface area contributed by atoms with Gasteiger partial charge in [0.15, 0.2) is 0 Å². The Kier molecular flexibility index (Phi) is 3.39. The molecule has 0 saturated heterocycles. The molecule has 0 spiro atoms. The molecule has 0 N–H and O–H groups in total. The zero-order valence-electron chi connectivity index (χ0n) is 13.3. The second-order valence-corrected chi connectivity index (χ2v) is 7.82. The van der Waals surface area contributed by atoms with Gasteiger partial charge in [0.25, 0.3) is 0 Å². The Bertz CT molecular complexity index is 425. The summed E-state index contributed by atoms with van der Waals surface area (Å²) in [6.45, 7) is 9.89. The van der Waals surface area contributed by atoms with Crippen LogP contribution in [0.25, 0.3) is 0 Å². The van der Waals surface area contributed by atoms with Crippen LogP contribution in [0.4, 0.5) is 0 Å². The lowest BCUT2D eigenvalue weighted by Gasteiger charge is -2.48. The average molecular weight is 258 g/mol. The normalized spacial score (nSPS) is 43.2. The maximum absolute atomic E-state index is 2.58. The summed E-state index contributed by atoms with van der Waals surface area (Å²) in [6.07, 6.45) is 12.3. The minimum atomic E-state index is 0.583. The van der Waals surface area contributed by atoms with Gasteiger partial charge in [0, 0.05) is 0 Å². The molecule has 106 valence electrons. The van der Waals surface area contributed by atoms with Gasteiger partial charge in [0.05, 0.1) is 0 Å². The molecule has 0 aromatic rings. The van der Waals surface area contributed by atoms with Crippen LogP contribution < -0.4 is 0 Å². The van der Waals surface area contributed by atoms with Crippen molar-refractivity contribution in [1.29, 1.82) is 0 Å². The number of rotatable bonds is 0. The minimum absolute atomic E-state index is 0.583. The highest BCUT2D eigenvalue weighted by Gasteiger charge is 2.42. The van der Waals surface area contributed by atoms with E-state index in [1.54, 1.807) is 11.1 Å². The first-order chi connectivity index (χ1) is 9.01. The Morgan fingerprint density at radius 1 is 1.16 bits per heavy atom. The van der Waals surface area contributed by atoms with Crippen molar-refractivity contribution in [2.45, 2.75) is 72.6 Å². The maximum atomic E-state index is 2.58. The highest BCUT2D eigenvalue weighted by Crippen LogP contribution is 2.53. The van der Waals surface area contributed by atoms with Gasteiger partial charge in [-0.05, 0) is 82.0 Å². The molecule has 1 saturated carbocycles. The summed E-state index contributed by atoms with van der Waals surface area (Å²) < 4.78 is 0. The predicted molar refractivity (Wildman–Crippen MR) is 83.0 cm³/mol. The van der Waals surface area contributed by atoms with Gasteiger partial charge in [-0.1, -0.05) is 36.6 Å². The van der Waals surface area contributed by atoms with Crippen molar-refractivity contribution in [2.75, 3.05) is 0 Å². The summed E-state index contributed by atoms with van der Waals surface area (Å²) in [4.78, 5) is 0. The molecule has 3 aliphatic rings. The van der Waals surface area contributed by atoms with E-state index in [-0.39, 0.29) is 0 Å². The fourth-order valence-corrected chi connectivity index (χ4v) is 5.24. The van der Waals surface area contributed by atoms with Gasteiger partial charge in [0.1, 0.15) is 0 Å². The van der Waals surface area contributed by atoms with Gasteiger partial charge in [-0.15, -0.1) is 0 Å². The highest BCUT2D eigenvalue weighted by molar-refractivity contribution is 5.23. The molecule has 1 fully saturated rings. The molecule has 3 aliphatic carbocycles. The average Bonchev–Trinajstić information content (AvgIpc) is 2.35. The molecular weight excluding hydrogens is 228 g/mol. The van der Waals surface area contributed by atoms with Crippen molar-refractivity contribution in [2.24, 2.45) is 23.2 Å². The van der Waals surface area contributed by atoms with Crippen LogP contribution in [0.2, 0.25) is 0 Å². The van der Waals surface area contributed by atoms with Crippen LogP contribution >= 0.6 is 0 Å². The van der Waals surface area contributed by atoms with Crippen molar-refractivity contribution < 1.29 is 0 Å². The smallest absolute Gasteiger partial charge is 0.0149 e. The van der Waals surface area contributed by atoms with Crippen molar-refractivity contribution >= 4 is 0 Å². The molecule has 0 aromatic carbocycles. The topological polar surface area (TPSA) is 0 Å². The molecule has 0 heteroatoms. The fourth-order valence-electron chi connectivity index (χ4n) is 5.24. The minimum Gasteiger partial charge on any atom is -0.0853 e. The molecule has 4 unspecified atom stereocenters. The van der Waals surface area contributed by atoms with E-state index in [4.69, 9.17) is 0 Å². The van der Waals surface area contributed by atoms with E-state index < -0.39 is 0 Å². The van der Waals surface area contributed by atoms with Gasteiger partial charge in [-0.25, -0.2) is 0 Å². The monoisotopic (exact) mass is 258 g/mol. The van der Waals surface area contributed by atoms with E-state index >= 15 is 0 Å². The van der Waals surface area contributed by atoms with E-state index in [0.29, 0.717) is 5.41 Å². The summed E-state index contributed by atoms with van der Waals surface area (Å²) >= 11 is 0. The molecule has 0 heterocycles. The standard InChI is InChI=1S/C19H30/c1-13-7-8-16-12-18-14(2)6-5-10-19(18,4)11-9-17(13)15(16)3/h6,15-16,18H,5,7-12H2,1-4H3. The van der Waals surface area contributed by atoms with E-state index in [2.05, 4.69) is 33.8 Å². The Morgan fingerprint density at radius 3 is 2.74 bits per heavy atom. The zero-order valence-corrected chi connectivity index (χ0v) is 13.3. The SMILES string of the molecule is CC1=CCCC2(C)CCC3=C(C)CCC(CC12)C3C. The number of fused-ring (bicyclic) bond motifs is 3. The number of allylic oxidation sites excluding steroid dienone is 4. The van der Waals surface area contributed by atoms with Gasteiger partial charge < -0.3 is 0 Å². The summed E-state index contributed by atoms with van der Waals surface area (Å²) in [7, 11) is 0. The third-order valence-electron chi connectivity index (χ3n) is 6.77. The van der Waals surface area contributed by atoms with Crippen molar-refractivity contribution in [3.05, 3.63) is 22.8 Å². The Labute approximate surface area is 119 Å². The van der Waals surface area contributed by atoms with Gasteiger partial charge >= 0.3 is 0 Å². The van der Waals surface area contributed by atoms with Crippen LogP contribution in [0.3, 0.4) is 0 Å². The Hall–Kier alpha value is -0.520. The molecule has 0 nitrogen and oxygen atoms in total. The molecule has 0 amide bonds. The number of hydrogen-bond acceptors (Lipinski definition) is 0. The Morgan fingerprint density at radius 2 is 1.95 bits per heavy atom. The highest BCUT2D eigenvalue weighted by atomic mass is 14.5. The van der Waals surface area contributed by atoms with E-state index in [0.717, 1.165) is 17.8 Å². The lowest BCUT2D eigenvalue weighted by atomic mass is 9.57. The third kappa shape index (κ3) is 2.22. The quantitative estimate of drug-likeness (QED) is 0.475. The van der Waals surface area contributed by atoms with Crippen molar-refractivity contribution in [3.63, 3.8) is 0 Å². The van der Waals surface area contributed by atoms with E-state index in [1.165, 1.54) is 44.9 Å². The molecule has 0 aliphatic heterocycles. The number of hydrogen-bond donors (Lipinski definition) is 0. The molecule has 0 aromatic heterocycles. The van der Waals surface area contributed by atoms with Gasteiger partial charge in [-0.2, -0.15) is 0 Å². The van der Waals surface area contributed by atoms with Crippen molar-refractivity contribution in [1.82, 2.24) is 0 Å². The predicted octanol–water partition coefficient (Wildman–Crippen LogP) is 5.90. The molecule has 3 rings (SSSR count). The maximum Gasteiger partial charge on any atom is -0.0149 e. The first-order valence-corrected chi connectivity index (χ1v) is 8.36. The first kappa shape index (κ1) is 13.5.